The van der Waals surface area contributed by atoms with Gasteiger partial charge in [-0.3, -0.25) is 0 Å². The van der Waals surface area contributed by atoms with Crippen LogP contribution in [0.25, 0.3) is 88.5 Å². The van der Waals surface area contributed by atoms with E-state index in [2.05, 4.69) is 173 Å². The van der Waals surface area contributed by atoms with Gasteiger partial charge >= 0.3 is 0 Å². The van der Waals surface area contributed by atoms with E-state index < -0.39 is 0 Å². The third-order valence-corrected chi connectivity index (χ3v) is 11.5. The molecule has 0 fully saturated rings. The number of allylic oxidation sites excluding steroid dienone is 1. The molecule has 10 aromatic rings. The predicted octanol–water partition coefficient (Wildman–Crippen LogP) is 13.9. The molecule has 2 heterocycles. The Balaban J connectivity index is 1.11. The Kier molecular flexibility index (Phi) is 5.89. The quantitative estimate of drug-likeness (QED) is 0.185. The summed E-state index contributed by atoms with van der Waals surface area (Å²) in [6.45, 7) is 0. The first-order valence-corrected chi connectivity index (χ1v) is 18.5. The van der Waals surface area contributed by atoms with Crippen molar-refractivity contribution in [3.63, 3.8) is 0 Å². The first-order chi connectivity index (χ1) is 26.3. The van der Waals surface area contributed by atoms with Crippen molar-refractivity contribution in [2.75, 3.05) is 4.90 Å². The van der Waals surface area contributed by atoms with Gasteiger partial charge in [0.25, 0.3) is 0 Å². The minimum absolute atomic E-state index is 0.895. The highest BCUT2D eigenvalue weighted by molar-refractivity contribution is 6.18. The third kappa shape index (κ3) is 4.10. The summed E-state index contributed by atoms with van der Waals surface area (Å²) in [6, 6.07) is 57.6. The van der Waals surface area contributed by atoms with Crippen LogP contribution < -0.4 is 4.90 Å². The normalized spacial score (nSPS) is 13.1. The van der Waals surface area contributed by atoms with Crippen LogP contribution in [0.3, 0.4) is 0 Å². The molecular formula is C50H32N2O. The molecule has 3 heteroatoms. The topological polar surface area (TPSA) is 21.3 Å². The van der Waals surface area contributed by atoms with Gasteiger partial charge in [0.05, 0.1) is 11.0 Å². The fraction of sp³-hybridized carbons (Fsp3) is 0.0400. The summed E-state index contributed by atoms with van der Waals surface area (Å²) in [5, 5.41) is 7.40. The summed E-state index contributed by atoms with van der Waals surface area (Å²) in [4.78, 5) is 2.43. The molecule has 248 valence electrons. The molecule has 0 bridgehead atoms. The van der Waals surface area contributed by atoms with Gasteiger partial charge in [-0.2, -0.15) is 0 Å². The average Bonchev–Trinajstić information content (AvgIpc) is 3.87. The Bertz CT molecular complexity index is 3180. The minimum Gasteiger partial charge on any atom is -0.456 e. The number of aromatic nitrogens is 1. The van der Waals surface area contributed by atoms with Crippen LogP contribution in [-0.2, 0) is 6.42 Å². The number of para-hydroxylation sites is 3. The average molecular weight is 677 g/mol. The lowest BCUT2D eigenvalue weighted by molar-refractivity contribution is 0.669. The van der Waals surface area contributed by atoms with Crippen LogP contribution in [-0.4, -0.2) is 4.57 Å². The van der Waals surface area contributed by atoms with Gasteiger partial charge in [-0.15, -0.1) is 0 Å². The zero-order chi connectivity index (χ0) is 34.6. The van der Waals surface area contributed by atoms with Gasteiger partial charge < -0.3 is 13.9 Å². The molecule has 0 saturated carbocycles. The van der Waals surface area contributed by atoms with Crippen molar-refractivity contribution in [3.05, 3.63) is 175 Å². The Labute approximate surface area is 306 Å². The standard InChI is InChI=1S/C50H32N2O/c1-2-13-33(14-3-1)52-45-19-8-6-16-38(45)43-29-35(22-25-46(43)52)51(36-23-26-48-44(30-36)39-17-7-9-20-47(39)53-48)34-21-24-41-42(28-34)40-18-10-12-32-27-31-11-4-5-15-37(31)50(41)49(32)40/h1-4,6-14,16-30H,5,15H2. The van der Waals surface area contributed by atoms with Crippen LogP contribution in [0, 0.1) is 0 Å². The number of furan rings is 1. The molecule has 0 spiro atoms. The van der Waals surface area contributed by atoms with Crippen molar-refractivity contribution < 1.29 is 4.42 Å². The first kappa shape index (κ1) is 28.8. The summed E-state index contributed by atoms with van der Waals surface area (Å²) in [5.74, 6) is 0. The molecule has 0 atom stereocenters. The fourth-order valence-electron chi connectivity index (χ4n) is 9.26. The van der Waals surface area contributed by atoms with Crippen LogP contribution in [0.1, 0.15) is 17.5 Å². The van der Waals surface area contributed by atoms with Crippen LogP contribution in [0.5, 0.6) is 0 Å². The second kappa shape index (κ2) is 10.8. The monoisotopic (exact) mass is 676 g/mol. The van der Waals surface area contributed by atoms with Crippen molar-refractivity contribution in [1.82, 2.24) is 4.57 Å². The van der Waals surface area contributed by atoms with Gasteiger partial charge in [0, 0.05) is 44.3 Å². The molecule has 12 rings (SSSR count). The summed E-state index contributed by atoms with van der Waals surface area (Å²) in [6.07, 6.45) is 6.79. The van der Waals surface area contributed by atoms with Crippen molar-refractivity contribution in [1.29, 1.82) is 0 Å². The van der Waals surface area contributed by atoms with E-state index >= 15 is 0 Å². The maximum Gasteiger partial charge on any atom is 0.135 e. The molecule has 0 radical (unpaired) electrons. The Morgan fingerprint density at radius 1 is 0.509 bits per heavy atom. The van der Waals surface area contributed by atoms with Crippen molar-refractivity contribution >= 4 is 77.7 Å². The second-order valence-corrected chi connectivity index (χ2v) is 14.4. The molecule has 2 aromatic heterocycles. The van der Waals surface area contributed by atoms with Gasteiger partial charge in [-0.05, 0) is 136 Å². The molecule has 0 aliphatic heterocycles. The third-order valence-electron chi connectivity index (χ3n) is 11.5. The van der Waals surface area contributed by atoms with Crippen LogP contribution in [0.2, 0.25) is 0 Å². The van der Waals surface area contributed by atoms with E-state index in [1.54, 1.807) is 0 Å². The van der Waals surface area contributed by atoms with E-state index in [9.17, 15) is 0 Å². The van der Waals surface area contributed by atoms with Gasteiger partial charge in [0.2, 0.25) is 0 Å². The highest BCUT2D eigenvalue weighted by atomic mass is 16.3. The van der Waals surface area contributed by atoms with Gasteiger partial charge in [0.1, 0.15) is 11.2 Å². The molecular weight excluding hydrogens is 645 g/mol. The number of anilines is 3. The summed E-state index contributed by atoms with van der Waals surface area (Å²) < 4.78 is 8.68. The van der Waals surface area contributed by atoms with E-state index in [-0.39, 0.29) is 0 Å². The lowest BCUT2D eigenvalue weighted by Gasteiger charge is -2.26. The smallest absolute Gasteiger partial charge is 0.135 e. The van der Waals surface area contributed by atoms with Gasteiger partial charge in [-0.25, -0.2) is 0 Å². The second-order valence-electron chi connectivity index (χ2n) is 14.4. The minimum atomic E-state index is 0.895. The molecule has 0 unspecified atom stereocenters. The van der Waals surface area contributed by atoms with E-state index in [0.29, 0.717) is 0 Å². The lowest BCUT2D eigenvalue weighted by Crippen LogP contribution is -2.10. The molecule has 8 aromatic carbocycles. The van der Waals surface area contributed by atoms with Crippen LogP contribution in [0.15, 0.2) is 168 Å². The molecule has 0 saturated heterocycles. The fourth-order valence-corrected chi connectivity index (χ4v) is 9.26. The maximum atomic E-state index is 6.30. The highest BCUT2D eigenvalue weighted by Crippen LogP contribution is 2.53. The molecule has 0 N–H and O–H groups in total. The molecule has 3 nitrogen and oxygen atoms in total. The van der Waals surface area contributed by atoms with Crippen molar-refractivity contribution in [3.8, 4) is 27.9 Å². The highest BCUT2D eigenvalue weighted by Gasteiger charge is 2.28. The van der Waals surface area contributed by atoms with E-state index in [4.69, 9.17) is 4.42 Å². The number of fused-ring (bicyclic) bond motifs is 11. The molecule has 2 aliphatic rings. The van der Waals surface area contributed by atoms with E-state index in [1.165, 1.54) is 66.0 Å². The summed E-state index contributed by atoms with van der Waals surface area (Å²) in [5.41, 5.74) is 16.9. The zero-order valence-electron chi connectivity index (χ0n) is 28.9. The van der Waals surface area contributed by atoms with E-state index in [0.717, 1.165) is 57.5 Å². The predicted molar refractivity (Wildman–Crippen MR) is 222 cm³/mol. The van der Waals surface area contributed by atoms with Crippen LogP contribution in [0.4, 0.5) is 17.1 Å². The SMILES string of the molecule is C1=Cc2cc3cccc4c3c(c2CC1)-c1ccc(N(c2ccc3oc5ccccc5c3c2)c2ccc3c(c2)c2ccccc2n3-c2ccccc2)cc1-4. The lowest BCUT2D eigenvalue weighted by atomic mass is 9.87. The Morgan fingerprint density at radius 2 is 1.25 bits per heavy atom. The molecule has 2 aliphatic carbocycles. The number of hydrogen-bond donors (Lipinski definition) is 0. The maximum absolute atomic E-state index is 6.30. The number of benzene rings is 8. The largest absolute Gasteiger partial charge is 0.456 e. The van der Waals surface area contributed by atoms with Gasteiger partial charge in [-0.1, -0.05) is 91.0 Å². The summed E-state index contributed by atoms with van der Waals surface area (Å²) in [7, 11) is 0. The molecule has 0 amide bonds. The first-order valence-electron chi connectivity index (χ1n) is 18.5. The van der Waals surface area contributed by atoms with E-state index in [1.807, 2.05) is 6.07 Å². The van der Waals surface area contributed by atoms with Gasteiger partial charge in [0.15, 0.2) is 0 Å². The molecule has 53 heavy (non-hydrogen) atoms. The Morgan fingerprint density at radius 3 is 2.17 bits per heavy atom. The van der Waals surface area contributed by atoms with Crippen LogP contribution >= 0.6 is 0 Å². The number of rotatable bonds is 4. The summed E-state index contributed by atoms with van der Waals surface area (Å²) >= 11 is 0. The van der Waals surface area contributed by atoms with Crippen molar-refractivity contribution in [2.24, 2.45) is 0 Å². The Hall–Kier alpha value is -6.84. The number of nitrogens with zero attached hydrogens (tertiary/aromatic N) is 2. The van der Waals surface area contributed by atoms with Crippen molar-refractivity contribution in [2.45, 2.75) is 12.8 Å². The number of hydrogen-bond acceptors (Lipinski definition) is 2. The zero-order valence-corrected chi connectivity index (χ0v) is 28.9.